The average Bonchev–Trinajstić information content (AvgIpc) is 2.49. The van der Waals surface area contributed by atoms with Crippen molar-refractivity contribution in [2.24, 2.45) is 11.7 Å². The number of nitrogens with two attached hydrogens (primary N) is 1. The fourth-order valence-corrected chi connectivity index (χ4v) is 2.02. The Bertz CT molecular complexity index is 489. The van der Waals surface area contributed by atoms with Crippen molar-refractivity contribution in [3.63, 3.8) is 0 Å². The van der Waals surface area contributed by atoms with Gasteiger partial charge in [-0.15, -0.1) is 0 Å². The SMILES string of the molecule is COc1ccc(C(=O)NC(CN)C(C)C)c(OC)c1OC. The zero-order chi connectivity index (χ0) is 16.0. The highest BCUT2D eigenvalue weighted by Gasteiger charge is 2.23. The van der Waals surface area contributed by atoms with Gasteiger partial charge in [0.25, 0.3) is 5.91 Å². The van der Waals surface area contributed by atoms with E-state index in [0.29, 0.717) is 29.4 Å². The number of rotatable bonds is 7. The number of benzene rings is 1. The summed E-state index contributed by atoms with van der Waals surface area (Å²) in [7, 11) is 4.51. The molecule has 1 aromatic rings. The molecule has 6 heteroatoms. The molecule has 1 rings (SSSR count). The van der Waals surface area contributed by atoms with E-state index in [0.717, 1.165) is 0 Å². The number of hydrogen-bond acceptors (Lipinski definition) is 5. The van der Waals surface area contributed by atoms with E-state index in [9.17, 15) is 4.79 Å². The van der Waals surface area contributed by atoms with Crippen molar-refractivity contribution in [1.82, 2.24) is 5.32 Å². The van der Waals surface area contributed by atoms with Crippen LogP contribution in [-0.2, 0) is 0 Å². The lowest BCUT2D eigenvalue weighted by molar-refractivity contribution is 0.0924. The van der Waals surface area contributed by atoms with Crippen molar-refractivity contribution < 1.29 is 19.0 Å². The van der Waals surface area contributed by atoms with Crippen LogP contribution in [0, 0.1) is 5.92 Å². The van der Waals surface area contributed by atoms with Gasteiger partial charge in [0.15, 0.2) is 11.5 Å². The predicted molar refractivity (Wildman–Crippen MR) is 81.2 cm³/mol. The molecule has 0 spiro atoms. The van der Waals surface area contributed by atoms with Crippen LogP contribution >= 0.6 is 0 Å². The standard InChI is InChI=1S/C15H24N2O4/c1-9(2)11(8-16)17-15(18)10-6-7-12(19-3)14(21-5)13(10)20-4/h6-7,9,11H,8,16H2,1-5H3,(H,17,18). The third-order valence-corrected chi connectivity index (χ3v) is 3.32. The molecule has 0 aliphatic carbocycles. The van der Waals surface area contributed by atoms with Gasteiger partial charge in [-0.05, 0) is 18.1 Å². The minimum atomic E-state index is -0.253. The van der Waals surface area contributed by atoms with Crippen LogP contribution in [0.5, 0.6) is 17.2 Å². The van der Waals surface area contributed by atoms with E-state index in [4.69, 9.17) is 19.9 Å². The van der Waals surface area contributed by atoms with Gasteiger partial charge in [-0.25, -0.2) is 0 Å². The van der Waals surface area contributed by atoms with Crippen molar-refractivity contribution in [1.29, 1.82) is 0 Å². The first-order valence-electron chi connectivity index (χ1n) is 6.80. The first-order valence-corrected chi connectivity index (χ1v) is 6.80. The quantitative estimate of drug-likeness (QED) is 0.795. The first-order chi connectivity index (χ1) is 9.99. The van der Waals surface area contributed by atoms with E-state index < -0.39 is 0 Å². The van der Waals surface area contributed by atoms with Gasteiger partial charge in [-0.2, -0.15) is 0 Å². The Balaban J connectivity index is 3.15. The number of ether oxygens (including phenoxy) is 3. The van der Waals surface area contributed by atoms with Crippen molar-refractivity contribution >= 4 is 5.91 Å². The van der Waals surface area contributed by atoms with Crippen molar-refractivity contribution in [2.45, 2.75) is 19.9 Å². The summed E-state index contributed by atoms with van der Waals surface area (Å²) in [6.45, 7) is 4.38. The summed E-state index contributed by atoms with van der Waals surface area (Å²) in [5, 5.41) is 2.91. The molecule has 0 aromatic heterocycles. The van der Waals surface area contributed by atoms with Crippen molar-refractivity contribution in [3.05, 3.63) is 17.7 Å². The Morgan fingerprint density at radius 3 is 2.19 bits per heavy atom. The Hall–Kier alpha value is -1.95. The summed E-state index contributed by atoms with van der Waals surface area (Å²) in [4.78, 5) is 12.4. The lowest BCUT2D eigenvalue weighted by Crippen LogP contribution is -2.43. The van der Waals surface area contributed by atoms with E-state index in [2.05, 4.69) is 5.32 Å². The molecule has 1 aromatic carbocycles. The van der Waals surface area contributed by atoms with Crippen LogP contribution in [0.4, 0.5) is 0 Å². The number of methoxy groups -OCH3 is 3. The van der Waals surface area contributed by atoms with Gasteiger partial charge in [0.05, 0.1) is 26.9 Å². The average molecular weight is 296 g/mol. The molecule has 0 heterocycles. The number of nitrogens with one attached hydrogen (secondary N) is 1. The zero-order valence-corrected chi connectivity index (χ0v) is 13.2. The second-order valence-corrected chi connectivity index (χ2v) is 4.94. The van der Waals surface area contributed by atoms with Gasteiger partial charge in [-0.3, -0.25) is 4.79 Å². The molecule has 0 fully saturated rings. The number of hydrogen-bond donors (Lipinski definition) is 2. The van der Waals surface area contributed by atoms with Crippen molar-refractivity contribution in [2.75, 3.05) is 27.9 Å². The summed E-state index contributed by atoms with van der Waals surface area (Å²) < 4.78 is 15.8. The minimum Gasteiger partial charge on any atom is -0.493 e. The monoisotopic (exact) mass is 296 g/mol. The summed E-state index contributed by atoms with van der Waals surface area (Å²) in [6.07, 6.45) is 0. The Labute approximate surface area is 125 Å². The maximum Gasteiger partial charge on any atom is 0.255 e. The van der Waals surface area contributed by atoms with Crippen LogP contribution in [0.1, 0.15) is 24.2 Å². The Morgan fingerprint density at radius 2 is 1.76 bits per heavy atom. The number of carbonyl (C=O) groups is 1. The molecule has 0 radical (unpaired) electrons. The largest absolute Gasteiger partial charge is 0.493 e. The molecule has 0 saturated heterocycles. The van der Waals surface area contributed by atoms with Gasteiger partial charge in [0.2, 0.25) is 5.75 Å². The van der Waals surface area contributed by atoms with Crippen molar-refractivity contribution in [3.8, 4) is 17.2 Å². The molecule has 1 amide bonds. The molecule has 1 atom stereocenters. The molecule has 0 bridgehead atoms. The van der Waals surface area contributed by atoms with Crippen LogP contribution in [0.15, 0.2) is 12.1 Å². The van der Waals surface area contributed by atoms with Crippen LogP contribution in [-0.4, -0.2) is 39.8 Å². The molecule has 21 heavy (non-hydrogen) atoms. The van der Waals surface area contributed by atoms with Gasteiger partial charge < -0.3 is 25.3 Å². The highest BCUT2D eigenvalue weighted by molar-refractivity contribution is 5.98. The molecule has 0 aliphatic rings. The van der Waals surface area contributed by atoms with E-state index >= 15 is 0 Å². The smallest absolute Gasteiger partial charge is 0.255 e. The van der Waals surface area contributed by atoms with E-state index in [1.807, 2.05) is 13.8 Å². The topological polar surface area (TPSA) is 82.8 Å². The normalized spacial score (nSPS) is 12.0. The summed E-state index contributed by atoms with van der Waals surface area (Å²) in [6, 6.07) is 3.21. The molecule has 0 saturated carbocycles. The minimum absolute atomic E-state index is 0.102. The van der Waals surface area contributed by atoms with E-state index in [1.54, 1.807) is 12.1 Å². The molecular weight excluding hydrogens is 272 g/mol. The van der Waals surface area contributed by atoms with Crippen LogP contribution < -0.4 is 25.3 Å². The fraction of sp³-hybridized carbons (Fsp3) is 0.533. The second-order valence-electron chi connectivity index (χ2n) is 4.94. The van der Waals surface area contributed by atoms with E-state index in [-0.39, 0.29) is 17.9 Å². The molecule has 3 N–H and O–H groups in total. The first kappa shape index (κ1) is 17.1. The fourth-order valence-electron chi connectivity index (χ4n) is 2.02. The Morgan fingerprint density at radius 1 is 1.14 bits per heavy atom. The number of amides is 1. The van der Waals surface area contributed by atoms with Gasteiger partial charge >= 0.3 is 0 Å². The molecule has 118 valence electrons. The molecular formula is C15H24N2O4. The molecule has 6 nitrogen and oxygen atoms in total. The zero-order valence-electron chi connectivity index (χ0n) is 13.2. The molecule has 0 aliphatic heterocycles. The second kappa shape index (κ2) is 7.73. The molecule has 1 unspecified atom stereocenters. The summed E-state index contributed by atoms with van der Waals surface area (Å²) >= 11 is 0. The summed E-state index contributed by atoms with van der Waals surface area (Å²) in [5.41, 5.74) is 6.07. The van der Waals surface area contributed by atoms with Crippen LogP contribution in [0.2, 0.25) is 0 Å². The Kier molecular flexibility index (Phi) is 6.30. The highest BCUT2D eigenvalue weighted by atomic mass is 16.5. The third-order valence-electron chi connectivity index (χ3n) is 3.32. The summed E-state index contributed by atoms with van der Waals surface area (Å²) in [5.74, 6) is 1.22. The van der Waals surface area contributed by atoms with Crippen LogP contribution in [0.25, 0.3) is 0 Å². The number of carbonyl (C=O) groups excluding carboxylic acids is 1. The maximum absolute atomic E-state index is 12.4. The van der Waals surface area contributed by atoms with Gasteiger partial charge in [0.1, 0.15) is 0 Å². The lowest BCUT2D eigenvalue weighted by atomic mass is 10.0. The highest BCUT2D eigenvalue weighted by Crippen LogP contribution is 2.39. The predicted octanol–water partition coefficient (Wildman–Crippen LogP) is 1.43. The van der Waals surface area contributed by atoms with Gasteiger partial charge in [-0.1, -0.05) is 13.8 Å². The van der Waals surface area contributed by atoms with E-state index in [1.165, 1.54) is 21.3 Å². The lowest BCUT2D eigenvalue weighted by Gasteiger charge is -2.22. The van der Waals surface area contributed by atoms with Gasteiger partial charge in [0, 0.05) is 12.6 Å². The van der Waals surface area contributed by atoms with Crippen LogP contribution in [0.3, 0.4) is 0 Å². The maximum atomic E-state index is 12.4. The third kappa shape index (κ3) is 3.78.